The Bertz CT molecular complexity index is 582. The van der Waals surface area contributed by atoms with Gasteiger partial charge in [0.2, 0.25) is 0 Å². The molecule has 11 heteroatoms. The van der Waals surface area contributed by atoms with Gasteiger partial charge in [0, 0.05) is 0 Å². The van der Waals surface area contributed by atoms with Crippen LogP contribution in [0, 0.1) is 53.0 Å². The third kappa shape index (κ3) is 1.67. The van der Waals surface area contributed by atoms with E-state index in [0.29, 0.717) is 6.42 Å². The van der Waals surface area contributed by atoms with Crippen LogP contribution in [0.5, 0.6) is 0 Å². The number of carboxylic acids is 1. The maximum atomic E-state index is 11.7. The number of nitro groups is 3. The number of hydrogen-bond acceptors (Lipinski definition) is 7. The quantitative estimate of drug-likeness (QED) is 0.445. The summed E-state index contributed by atoms with van der Waals surface area (Å²) in [6, 6.07) is 0. The largest absolute Gasteiger partial charge is 0.705 e. The van der Waals surface area contributed by atoms with Crippen molar-refractivity contribution in [3.63, 3.8) is 0 Å². The van der Waals surface area contributed by atoms with Gasteiger partial charge in [-0.25, -0.2) is 0 Å². The van der Waals surface area contributed by atoms with Crippen LogP contribution in [0.3, 0.4) is 0 Å². The molecule has 0 heterocycles. The SMILES string of the molecule is O=C(O)C12C[C@H]3C[C@@H](C1)CC(C([N+](=O)[O-])([N+](=O)[O-])[N+](=O)[O-])(C3)C2. The van der Waals surface area contributed by atoms with Crippen LogP contribution < -0.4 is 0 Å². The van der Waals surface area contributed by atoms with Gasteiger partial charge in [0.15, 0.2) is 20.2 Å². The molecule has 4 fully saturated rings. The fourth-order valence-electron chi connectivity index (χ4n) is 5.69. The summed E-state index contributed by atoms with van der Waals surface area (Å²) in [5, 5.41) is 44.0. The van der Waals surface area contributed by atoms with Gasteiger partial charge in [-0.1, -0.05) is 0 Å². The summed E-state index contributed by atoms with van der Waals surface area (Å²) in [4.78, 5) is 41.8. The number of carboxylic acid groups (broad SMARTS) is 1. The maximum absolute atomic E-state index is 11.7. The number of rotatable bonds is 5. The minimum absolute atomic E-state index is 0.0402. The van der Waals surface area contributed by atoms with Gasteiger partial charge in [-0.15, -0.1) is 0 Å². The van der Waals surface area contributed by atoms with E-state index in [4.69, 9.17) is 0 Å². The van der Waals surface area contributed by atoms with E-state index in [-0.39, 0.29) is 43.9 Å². The lowest BCUT2D eigenvalue weighted by Crippen LogP contribution is -2.71. The first-order chi connectivity index (χ1) is 10.6. The Morgan fingerprint density at radius 2 is 1.39 bits per heavy atom. The number of nitrogens with zero attached hydrogens (tertiary/aromatic N) is 3. The van der Waals surface area contributed by atoms with Crippen LogP contribution in [-0.4, -0.2) is 31.6 Å². The fourth-order valence-corrected chi connectivity index (χ4v) is 5.69. The van der Waals surface area contributed by atoms with Crippen molar-refractivity contribution in [1.29, 1.82) is 0 Å². The molecule has 0 spiro atoms. The van der Waals surface area contributed by atoms with E-state index in [1.165, 1.54) is 0 Å². The first-order valence-corrected chi connectivity index (χ1v) is 7.26. The molecule has 4 rings (SSSR count). The zero-order valence-electron chi connectivity index (χ0n) is 12.0. The molecule has 0 amide bonds. The first-order valence-electron chi connectivity index (χ1n) is 7.26. The maximum Gasteiger partial charge on any atom is 0.705 e. The van der Waals surface area contributed by atoms with E-state index in [2.05, 4.69) is 0 Å². The second kappa shape index (κ2) is 4.36. The lowest BCUT2D eigenvalue weighted by molar-refractivity contribution is -0.989. The first kappa shape index (κ1) is 15.6. The monoisotopic (exact) mass is 329 g/mol. The van der Waals surface area contributed by atoms with Crippen LogP contribution in [0.25, 0.3) is 0 Å². The Morgan fingerprint density at radius 1 is 0.957 bits per heavy atom. The summed E-state index contributed by atoms with van der Waals surface area (Å²) in [5.41, 5.74) is -3.18. The van der Waals surface area contributed by atoms with Crippen molar-refractivity contribution in [3.8, 4) is 0 Å². The summed E-state index contributed by atoms with van der Waals surface area (Å²) >= 11 is 0. The molecule has 4 bridgehead atoms. The van der Waals surface area contributed by atoms with E-state index < -0.39 is 37.4 Å². The van der Waals surface area contributed by atoms with Gasteiger partial charge >= 0.3 is 11.8 Å². The molecule has 23 heavy (non-hydrogen) atoms. The van der Waals surface area contributed by atoms with Crippen LogP contribution in [0.1, 0.15) is 38.5 Å². The van der Waals surface area contributed by atoms with Gasteiger partial charge in [-0.2, -0.15) is 0 Å². The molecule has 11 nitrogen and oxygen atoms in total. The van der Waals surface area contributed by atoms with Crippen molar-refractivity contribution in [1.82, 2.24) is 0 Å². The zero-order valence-corrected chi connectivity index (χ0v) is 12.0. The molecule has 1 N–H and O–H groups in total. The molecule has 0 aliphatic heterocycles. The third-order valence-electron chi connectivity index (χ3n) is 5.99. The zero-order chi connectivity index (χ0) is 17.2. The van der Waals surface area contributed by atoms with Gasteiger partial charge in [-0.3, -0.25) is 35.1 Å². The molecule has 0 radical (unpaired) electrons. The lowest BCUT2D eigenvalue weighted by atomic mass is 9.42. The molecule has 4 atom stereocenters. The highest BCUT2D eigenvalue weighted by molar-refractivity contribution is 5.75. The molecule has 0 saturated heterocycles. The van der Waals surface area contributed by atoms with E-state index in [1.54, 1.807) is 0 Å². The van der Waals surface area contributed by atoms with Crippen LogP contribution in [0.4, 0.5) is 0 Å². The van der Waals surface area contributed by atoms with Crippen LogP contribution >= 0.6 is 0 Å². The van der Waals surface area contributed by atoms with Crippen molar-refractivity contribution in [3.05, 3.63) is 30.3 Å². The molecule has 4 aliphatic carbocycles. The van der Waals surface area contributed by atoms with E-state index in [9.17, 15) is 40.2 Å². The second-order valence-electron chi connectivity index (χ2n) is 7.23. The number of hydrogen-bond donors (Lipinski definition) is 1. The van der Waals surface area contributed by atoms with Gasteiger partial charge in [0.25, 0.3) is 0 Å². The normalized spacial score (nSPS) is 38.3. The highest BCUT2D eigenvalue weighted by Gasteiger charge is 2.88. The Balaban J connectivity index is 2.20. The highest BCUT2D eigenvalue weighted by Crippen LogP contribution is 2.68. The molecule has 126 valence electrons. The molecule has 4 aliphatic rings. The number of aliphatic carboxylic acids is 1. The van der Waals surface area contributed by atoms with Crippen LogP contribution in [0.2, 0.25) is 0 Å². The molecular formula is C12H15N3O8. The van der Waals surface area contributed by atoms with E-state index in [0.717, 1.165) is 0 Å². The van der Waals surface area contributed by atoms with Crippen LogP contribution in [-0.2, 0) is 4.79 Å². The second-order valence-corrected chi connectivity index (χ2v) is 7.23. The lowest BCUT2D eigenvalue weighted by Gasteiger charge is -2.57. The highest BCUT2D eigenvalue weighted by atomic mass is 16.7. The van der Waals surface area contributed by atoms with Gasteiger partial charge in [0.05, 0.1) is 5.41 Å². The minimum Gasteiger partial charge on any atom is -0.481 e. The Kier molecular flexibility index (Phi) is 2.95. The smallest absolute Gasteiger partial charge is 0.481 e. The molecule has 0 aromatic heterocycles. The van der Waals surface area contributed by atoms with Crippen molar-refractivity contribution in [2.45, 2.75) is 44.3 Å². The molecule has 4 saturated carbocycles. The minimum atomic E-state index is -3.58. The standard InChI is InChI=1S/C12H15N3O8/c16-9(17)10-2-7-1-8(3-10)5-11(4-7,6-10)12(13(18)19,14(20)21)15(22)23/h7-8H,1-6H2,(H,16,17)/t7-,8+,10?,11?. The predicted octanol–water partition coefficient (Wildman–Crippen LogP) is 1.14. The number of carbonyl (C=O) groups is 1. The van der Waals surface area contributed by atoms with Gasteiger partial charge in [0.1, 0.15) is 0 Å². The molecule has 2 unspecified atom stereocenters. The molecular weight excluding hydrogens is 314 g/mol. The van der Waals surface area contributed by atoms with Crippen molar-refractivity contribution < 1.29 is 24.7 Å². The van der Waals surface area contributed by atoms with E-state index >= 15 is 0 Å². The van der Waals surface area contributed by atoms with Crippen molar-refractivity contribution >= 4 is 5.97 Å². The summed E-state index contributed by atoms with van der Waals surface area (Å²) in [5.74, 6) is -5.26. The molecule has 0 aromatic carbocycles. The van der Waals surface area contributed by atoms with Crippen molar-refractivity contribution in [2.75, 3.05) is 0 Å². The van der Waals surface area contributed by atoms with E-state index in [1.807, 2.05) is 0 Å². The van der Waals surface area contributed by atoms with Crippen molar-refractivity contribution in [2.24, 2.45) is 22.7 Å². The topological polar surface area (TPSA) is 167 Å². The van der Waals surface area contributed by atoms with Gasteiger partial charge in [-0.05, 0) is 50.4 Å². The summed E-state index contributed by atoms with van der Waals surface area (Å²) in [7, 11) is 0. The average Bonchev–Trinajstić information content (AvgIpc) is 2.35. The Morgan fingerprint density at radius 3 is 1.74 bits per heavy atom. The van der Waals surface area contributed by atoms with Crippen LogP contribution in [0.15, 0.2) is 0 Å². The molecule has 0 aromatic rings. The summed E-state index contributed by atoms with van der Waals surface area (Å²) < 4.78 is 0. The fraction of sp³-hybridized carbons (Fsp3) is 0.917. The predicted molar refractivity (Wildman–Crippen MR) is 70.9 cm³/mol. The Hall–Kier alpha value is -2.33. The summed E-state index contributed by atoms with van der Waals surface area (Å²) in [6.07, 6.45) is 0.724. The third-order valence-corrected chi connectivity index (χ3v) is 5.99. The Labute approximate surface area is 129 Å². The average molecular weight is 329 g/mol. The van der Waals surface area contributed by atoms with Gasteiger partial charge < -0.3 is 5.11 Å². The summed E-state index contributed by atoms with van der Waals surface area (Å²) in [6.45, 7) is 0.